The van der Waals surface area contributed by atoms with Gasteiger partial charge in [0.2, 0.25) is 5.91 Å². The second kappa shape index (κ2) is 14.5. The minimum absolute atomic E-state index is 0.128. The van der Waals surface area contributed by atoms with E-state index < -0.39 is 11.7 Å². The number of nitrogens with zero attached hydrogens (tertiary/aromatic N) is 4. The number of likely N-dealkylation sites (N-methyl/N-ethyl adjacent to an activating group) is 1. The molecule has 1 unspecified atom stereocenters. The Morgan fingerprint density at radius 3 is 2.61 bits per heavy atom. The van der Waals surface area contributed by atoms with Gasteiger partial charge in [-0.25, -0.2) is 4.79 Å². The number of benzene rings is 1. The largest absolute Gasteiger partial charge is 0.444 e. The van der Waals surface area contributed by atoms with Gasteiger partial charge in [-0.2, -0.15) is 5.26 Å². The van der Waals surface area contributed by atoms with Crippen LogP contribution in [0.15, 0.2) is 41.0 Å². The molecule has 1 aliphatic heterocycles. The Morgan fingerprint density at radius 1 is 1.26 bits per heavy atom. The SMILES string of the molecule is CCCN=C1NC(Nc2ccc(C#N)cc2)N(C)C=C1C#CCCC(=O)NCCN(C)C(=O)OC(C)(C)C. The molecule has 1 aromatic rings. The van der Waals surface area contributed by atoms with Crippen LogP contribution in [-0.2, 0) is 9.53 Å². The van der Waals surface area contributed by atoms with Crippen molar-refractivity contribution in [1.29, 1.82) is 5.26 Å². The topological polar surface area (TPSA) is 122 Å². The van der Waals surface area contributed by atoms with Gasteiger partial charge in [0, 0.05) is 58.5 Å². The molecule has 1 atom stereocenters. The molecule has 2 amide bonds. The van der Waals surface area contributed by atoms with Crippen LogP contribution in [0.3, 0.4) is 0 Å². The van der Waals surface area contributed by atoms with Gasteiger partial charge in [0.05, 0.1) is 17.2 Å². The van der Waals surface area contributed by atoms with Crippen molar-refractivity contribution in [3.8, 4) is 17.9 Å². The highest BCUT2D eigenvalue weighted by atomic mass is 16.6. The maximum Gasteiger partial charge on any atom is 0.410 e. The molecule has 0 saturated carbocycles. The van der Waals surface area contributed by atoms with Crippen LogP contribution < -0.4 is 16.0 Å². The third kappa shape index (κ3) is 10.4. The van der Waals surface area contributed by atoms with E-state index in [0.717, 1.165) is 17.7 Å². The normalized spacial score (nSPS) is 15.8. The summed E-state index contributed by atoms with van der Waals surface area (Å²) < 4.78 is 5.30. The number of amides is 2. The van der Waals surface area contributed by atoms with E-state index >= 15 is 0 Å². The highest BCUT2D eigenvalue weighted by Gasteiger charge is 2.22. The Balaban J connectivity index is 1.89. The predicted octanol–water partition coefficient (Wildman–Crippen LogP) is 3.25. The first-order chi connectivity index (χ1) is 18.0. The molecular formula is C28H39N7O3. The molecule has 10 heteroatoms. The molecule has 10 nitrogen and oxygen atoms in total. The molecule has 2 rings (SSSR count). The quantitative estimate of drug-likeness (QED) is 0.427. The average molecular weight is 522 g/mol. The summed E-state index contributed by atoms with van der Waals surface area (Å²) in [4.78, 5) is 32.2. The summed E-state index contributed by atoms with van der Waals surface area (Å²) in [6.07, 6.45) is 2.80. The molecular weight excluding hydrogens is 482 g/mol. The van der Waals surface area contributed by atoms with Crippen LogP contribution in [0, 0.1) is 23.2 Å². The lowest BCUT2D eigenvalue weighted by molar-refractivity contribution is -0.121. The molecule has 1 aromatic carbocycles. The van der Waals surface area contributed by atoms with Crippen LogP contribution in [0.4, 0.5) is 10.5 Å². The first-order valence-electron chi connectivity index (χ1n) is 12.7. The maximum atomic E-state index is 12.2. The van der Waals surface area contributed by atoms with E-state index in [9.17, 15) is 9.59 Å². The van der Waals surface area contributed by atoms with E-state index in [4.69, 9.17) is 10.00 Å². The van der Waals surface area contributed by atoms with E-state index in [1.807, 2.05) is 51.1 Å². The van der Waals surface area contributed by atoms with Gasteiger partial charge in [0.1, 0.15) is 11.4 Å². The van der Waals surface area contributed by atoms with Crippen molar-refractivity contribution in [2.75, 3.05) is 39.0 Å². The second-order valence-electron chi connectivity index (χ2n) is 9.87. The number of nitriles is 1. The lowest BCUT2D eigenvalue weighted by atomic mass is 10.2. The summed E-state index contributed by atoms with van der Waals surface area (Å²) in [6.45, 7) is 8.84. The average Bonchev–Trinajstić information content (AvgIpc) is 2.86. The first-order valence-corrected chi connectivity index (χ1v) is 12.7. The molecule has 0 aliphatic carbocycles. The molecule has 38 heavy (non-hydrogen) atoms. The molecule has 0 spiro atoms. The van der Waals surface area contributed by atoms with Crippen molar-refractivity contribution in [3.05, 3.63) is 41.6 Å². The molecule has 204 valence electrons. The Morgan fingerprint density at radius 2 is 1.97 bits per heavy atom. The van der Waals surface area contributed by atoms with Crippen molar-refractivity contribution in [2.45, 2.75) is 58.8 Å². The van der Waals surface area contributed by atoms with Crippen molar-refractivity contribution >= 4 is 23.5 Å². The number of nitrogens with one attached hydrogen (secondary N) is 3. The van der Waals surface area contributed by atoms with Gasteiger partial charge in [-0.1, -0.05) is 18.8 Å². The zero-order valence-corrected chi connectivity index (χ0v) is 23.2. The van der Waals surface area contributed by atoms with Gasteiger partial charge in [-0.3, -0.25) is 9.79 Å². The van der Waals surface area contributed by atoms with E-state index in [2.05, 4.69) is 45.8 Å². The maximum absolute atomic E-state index is 12.2. The van der Waals surface area contributed by atoms with Crippen LogP contribution in [0.1, 0.15) is 52.5 Å². The van der Waals surface area contributed by atoms with Gasteiger partial charge in [0.15, 0.2) is 6.29 Å². The number of hydrogen-bond donors (Lipinski definition) is 3. The Hall–Kier alpha value is -4.18. The van der Waals surface area contributed by atoms with Gasteiger partial charge >= 0.3 is 6.09 Å². The molecule has 1 aliphatic rings. The van der Waals surface area contributed by atoms with Gasteiger partial charge in [-0.05, 0) is 51.5 Å². The van der Waals surface area contributed by atoms with Crippen LogP contribution in [0.2, 0.25) is 0 Å². The van der Waals surface area contributed by atoms with Gasteiger partial charge in [0.25, 0.3) is 0 Å². The fourth-order valence-corrected chi connectivity index (χ4v) is 3.25. The fraction of sp³-hybridized carbons (Fsp3) is 0.500. The minimum atomic E-state index is -0.561. The zero-order chi connectivity index (χ0) is 28.1. The summed E-state index contributed by atoms with van der Waals surface area (Å²) in [5.74, 6) is 6.78. The van der Waals surface area contributed by atoms with E-state index in [1.54, 1.807) is 19.2 Å². The molecule has 0 bridgehead atoms. The molecule has 1 heterocycles. The molecule has 0 aromatic heterocycles. The van der Waals surface area contributed by atoms with Crippen LogP contribution in [0.5, 0.6) is 0 Å². The van der Waals surface area contributed by atoms with E-state index in [1.165, 1.54) is 4.90 Å². The van der Waals surface area contributed by atoms with Crippen molar-refractivity contribution in [3.63, 3.8) is 0 Å². The van der Waals surface area contributed by atoms with Gasteiger partial charge < -0.3 is 30.5 Å². The standard InChI is InChI=1S/C28H39N7O3/c1-7-16-31-25-22(20-35(6)26(33-25)32-23-14-12-21(19-29)13-15-23)10-8-9-11-24(36)30-17-18-34(5)27(37)38-28(2,3)4/h12-15,20,26,32H,7,9,11,16-18H2,1-6H3,(H,30,36)(H,31,33). The van der Waals surface area contributed by atoms with Crippen LogP contribution >= 0.6 is 0 Å². The van der Waals surface area contributed by atoms with Crippen LogP contribution in [0.25, 0.3) is 0 Å². The Labute approximate surface area is 226 Å². The minimum Gasteiger partial charge on any atom is -0.444 e. The highest BCUT2D eigenvalue weighted by molar-refractivity contribution is 6.03. The monoisotopic (exact) mass is 521 g/mol. The molecule has 3 N–H and O–H groups in total. The summed E-state index contributed by atoms with van der Waals surface area (Å²) in [6, 6.07) is 9.36. The lowest BCUT2D eigenvalue weighted by Crippen LogP contribution is -2.53. The van der Waals surface area contributed by atoms with Crippen molar-refractivity contribution in [2.24, 2.45) is 4.99 Å². The highest BCUT2D eigenvalue weighted by Crippen LogP contribution is 2.15. The van der Waals surface area contributed by atoms with Crippen molar-refractivity contribution in [1.82, 2.24) is 20.4 Å². The number of carbonyl (C=O) groups is 2. The lowest BCUT2D eigenvalue weighted by Gasteiger charge is -2.34. The number of rotatable bonds is 9. The number of hydrogen-bond acceptors (Lipinski definition) is 7. The number of anilines is 1. The van der Waals surface area contributed by atoms with Crippen LogP contribution in [-0.4, -0.2) is 73.3 Å². The van der Waals surface area contributed by atoms with E-state index in [-0.39, 0.29) is 18.6 Å². The second-order valence-corrected chi connectivity index (χ2v) is 9.87. The molecule has 0 radical (unpaired) electrons. The number of amidine groups is 1. The molecule has 0 saturated heterocycles. The fourth-order valence-electron chi connectivity index (χ4n) is 3.25. The Bertz CT molecular complexity index is 1120. The third-order valence-corrected chi connectivity index (χ3v) is 5.25. The summed E-state index contributed by atoms with van der Waals surface area (Å²) in [5.41, 5.74) is 1.66. The number of aliphatic imine (C=N–C) groups is 1. The Kier molecular flexibility index (Phi) is 11.5. The smallest absolute Gasteiger partial charge is 0.410 e. The number of ether oxygens (including phenoxy) is 1. The van der Waals surface area contributed by atoms with Crippen molar-refractivity contribution < 1.29 is 14.3 Å². The zero-order valence-electron chi connectivity index (χ0n) is 23.2. The summed E-state index contributed by atoms with van der Waals surface area (Å²) in [7, 11) is 3.56. The predicted molar refractivity (Wildman–Crippen MR) is 149 cm³/mol. The van der Waals surface area contributed by atoms with E-state index in [0.29, 0.717) is 37.5 Å². The molecule has 0 fully saturated rings. The number of carbonyl (C=O) groups excluding carboxylic acids is 2. The summed E-state index contributed by atoms with van der Waals surface area (Å²) >= 11 is 0. The third-order valence-electron chi connectivity index (χ3n) is 5.25. The first kappa shape index (κ1) is 30.0. The summed E-state index contributed by atoms with van der Waals surface area (Å²) in [5, 5.41) is 18.6. The van der Waals surface area contributed by atoms with Gasteiger partial charge in [-0.15, -0.1) is 0 Å².